The van der Waals surface area contributed by atoms with E-state index in [0.717, 1.165) is 35.6 Å². The molecule has 0 radical (unpaired) electrons. The summed E-state index contributed by atoms with van der Waals surface area (Å²) in [5.74, 6) is -1.10. The average Bonchev–Trinajstić information content (AvgIpc) is 3.42. The molecule has 174 valence electrons. The van der Waals surface area contributed by atoms with E-state index in [0.29, 0.717) is 26.5 Å². The Hall–Kier alpha value is -2.72. The summed E-state index contributed by atoms with van der Waals surface area (Å²) in [5.41, 5.74) is 3.39. The van der Waals surface area contributed by atoms with Gasteiger partial charge in [0, 0.05) is 18.7 Å². The number of sulfone groups is 1. The number of halogens is 2. The summed E-state index contributed by atoms with van der Waals surface area (Å²) in [6.45, 7) is 0.828. The predicted octanol–water partition coefficient (Wildman–Crippen LogP) is 4.31. The van der Waals surface area contributed by atoms with Crippen LogP contribution in [-0.2, 0) is 27.5 Å². The lowest BCUT2D eigenvalue weighted by Crippen LogP contribution is -2.20. The summed E-state index contributed by atoms with van der Waals surface area (Å²) in [7, 11) is -3.76. The molecule has 5 rings (SSSR count). The Morgan fingerprint density at radius 3 is 2.71 bits per heavy atom. The normalized spacial score (nSPS) is 13.1. The van der Waals surface area contributed by atoms with Gasteiger partial charge in [-0.1, -0.05) is 29.3 Å². The van der Waals surface area contributed by atoms with Crippen LogP contribution in [0.3, 0.4) is 0 Å². The van der Waals surface area contributed by atoms with Gasteiger partial charge in [-0.3, -0.25) is 14.2 Å². The Morgan fingerprint density at radius 1 is 1.15 bits per heavy atom. The number of anilines is 1. The molecule has 1 aliphatic rings. The number of aromatic nitrogens is 2. The lowest BCUT2D eigenvalue weighted by Gasteiger charge is -2.11. The number of hydrogen-bond donors (Lipinski definition) is 1. The van der Waals surface area contributed by atoms with Gasteiger partial charge in [-0.15, -0.1) is 11.3 Å². The van der Waals surface area contributed by atoms with Crippen LogP contribution in [0.5, 0.6) is 0 Å². The molecule has 0 aliphatic carbocycles. The van der Waals surface area contributed by atoms with Crippen LogP contribution < -0.4 is 10.9 Å². The van der Waals surface area contributed by atoms with Crippen molar-refractivity contribution in [1.82, 2.24) is 9.55 Å². The molecule has 0 amide bonds. The van der Waals surface area contributed by atoms with Crippen molar-refractivity contribution in [3.63, 3.8) is 0 Å². The van der Waals surface area contributed by atoms with Crippen LogP contribution in [0.25, 0.3) is 16.6 Å². The van der Waals surface area contributed by atoms with Crippen molar-refractivity contribution in [2.75, 3.05) is 17.6 Å². The topological polar surface area (TPSA) is 98.1 Å². The molecule has 7 nitrogen and oxygen atoms in total. The van der Waals surface area contributed by atoms with Crippen LogP contribution in [0.1, 0.15) is 11.1 Å². The van der Waals surface area contributed by atoms with Crippen molar-refractivity contribution in [1.29, 1.82) is 0 Å². The summed E-state index contributed by atoms with van der Waals surface area (Å²) >= 11 is 13.2. The van der Waals surface area contributed by atoms with Crippen LogP contribution in [0.15, 0.2) is 57.8 Å². The molecule has 0 bridgehead atoms. The van der Waals surface area contributed by atoms with Crippen LogP contribution in [0.4, 0.5) is 5.69 Å². The Balaban J connectivity index is 1.39. The number of fused-ring (bicyclic) bond motifs is 2. The number of carbonyl (C=O) groups excluding carboxylic acids is 1. The highest BCUT2D eigenvalue weighted by Gasteiger charge is 2.22. The molecule has 2 aromatic carbocycles. The third-order valence-electron chi connectivity index (χ3n) is 5.57. The minimum Gasteiger partial charge on any atom is -0.384 e. The van der Waals surface area contributed by atoms with Gasteiger partial charge in [0.15, 0.2) is 15.6 Å². The minimum atomic E-state index is -3.76. The van der Waals surface area contributed by atoms with Crippen LogP contribution in [0.2, 0.25) is 9.36 Å². The number of ketones is 1. The molecule has 0 unspecified atom stereocenters. The molecule has 0 saturated heterocycles. The molecule has 2 aromatic heterocycles. The maximum atomic E-state index is 13.2. The average molecular weight is 534 g/mol. The molecular weight excluding hydrogens is 517 g/mol. The Kier molecular flexibility index (Phi) is 5.97. The monoisotopic (exact) mass is 533 g/mol. The van der Waals surface area contributed by atoms with E-state index in [1.165, 1.54) is 23.0 Å². The summed E-state index contributed by atoms with van der Waals surface area (Å²) in [6, 6.07) is 11.4. The summed E-state index contributed by atoms with van der Waals surface area (Å²) < 4.78 is 26.6. The highest BCUT2D eigenvalue weighted by atomic mass is 35.5. The zero-order valence-corrected chi connectivity index (χ0v) is 20.7. The number of rotatable bonds is 6. The van der Waals surface area contributed by atoms with E-state index in [9.17, 15) is 18.0 Å². The van der Waals surface area contributed by atoms with Crippen molar-refractivity contribution in [2.24, 2.45) is 0 Å². The summed E-state index contributed by atoms with van der Waals surface area (Å²) in [5, 5.41) is 4.03. The molecule has 34 heavy (non-hydrogen) atoms. The SMILES string of the molecule is O=C(Cc1ccc(-n2cnc3cc4c(cc3c2=O)CCN4)c(Cl)c1)CS(=O)(=O)c1ccc(Cl)s1. The lowest BCUT2D eigenvalue weighted by atomic mass is 10.1. The third kappa shape index (κ3) is 4.36. The molecule has 1 aliphatic heterocycles. The molecule has 0 atom stereocenters. The van der Waals surface area contributed by atoms with Crippen molar-refractivity contribution >= 4 is 66.7 Å². The van der Waals surface area contributed by atoms with Crippen molar-refractivity contribution < 1.29 is 13.2 Å². The molecule has 11 heteroatoms. The van der Waals surface area contributed by atoms with Gasteiger partial charge in [0.1, 0.15) is 16.3 Å². The number of benzene rings is 2. The first-order chi connectivity index (χ1) is 16.2. The Bertz CT molecular complexity index is 1630. The van der Waals surface area contributed by atoms with E-state index in [1.807, 2.05) is 12.1 Å². The molecule has 4 aromatic rings. The van der Waals surface area contributed by atoms with E-state index >= 15 is 0 Å². The maximum Gasteiger partial charge on any atom is 0.265 e. The fraction of sp³-hybridized carbons (Fsp3) is 0.174. The molecule has 0 saturated carbocycles. The zero-order valence-electron chi connectivity index (χ0n) is 17.5. The van der Waals surface area contributed by atoms with E-state index in [4.69, 9.17) is 23.2 Å². The highest BCUT2D eigenvalue weighted by Crippen LogP contribution is 2.28. The number of nitrogens with one attached hydrogen (secondary N) is 1. The van der Waals surface area contributed by atoms with Gasteiger partial charge >= 0.3 is 0 Å². The van der Waals surface area contributed by atoms with Crippen LogP contribution in [0, 0.1) is 0 Å². The molecule has 3 heterocycles. The quantitative estimate of drug-likeness (QED) is 0.396. The molecule has 0 spiro atoms. The Labute approximate surface area is 208 Å². The molecule has 0 fully saturated rings. The first kappa shape index (κ1) is 23.0. The van der Waals surface area contributed by atoms with Gasteiger partial charge in [-0.05, 0) is 53.9 Å². The lowest BCUT2D eigenvalue weighted by molar-refractivity contribution is -0.116. The van der Waals surface area contributed by atoms with Crippen LogP contribution >= 0.6 is 34.5 Å². The second-order valence-corrected chi connectivity index (χ2v) is 12.3. The molecule has 1 N–H and O–H groups in total. The van der Waals surface area contributed by atoms with Crippen molar-refractivity contribution in [2.45, 2.75) is 17.1 Å². The summed E-state index contributed by atoms with van der Waals surface area (Å²) in [6.07, 6.45) is 2.16. The number of carbonyl (C=O) groups is 1. The smallest absolute Gasteiger partial charge is 0.265 e. The third-order valence-corrected chi connectivity index (χ3v) is 9.36. The van der Waals surface area contributed by atoms with E-state index in [-0.39, 0.29) is 21.2 Å². The van der Waals surface area contributed by atoms with Gasteiger partial charge < -0.3 is 5.32 Å². The van der Waals surface area contributed by atoms with Gasteiger partial charge in [0.2, 0.25) is 0 Å². The largest absolute Gasteiger partial charge is 0.384 e. The summed E-state index contributed by atoms with van der Waals surface area (Å²) in [4.78, 5) is 30.0. The standard InChI is InChI=1S/C23H17Cl2N3O4S2/c24-17-8-13(7-15(29)11-34(31,32)22-4-3-21(25)33-22)1-2-20(17)28-12-27-19-10-18-14(5-6-26-18)9-16(19)23(28)30/h1-4,8-10,12,26H,5-7,11H2. The van der Waals surface area contributed by atoms with Gasteiger partial charge in [-0.2, -0.15) is 0 Å². The van der Waals surface area contributed by atoms with Gasteiger partial charge in [0.25, 0.3) is 5.56 Å². The zero-order chi connectivity index (χ0) is 24.0. The highest BCUT2D eigenvalue weighted by molar-refractivity contribution is 7.94. The number of hydrogen-bond acceptors (Lipinski definition) is 7. The van der Waals surface area contributed by atoms with Crippen LogP contribution in [-0.4, -0.2) is 36.0 Å². The predicted molar refractivity (Wildman–Crippen MR) is 135 cm³/mol. The van der Waals surface area contributed by atoms with E-state index in [1.54, 1.807) is 18.2 Å². The van der Waals surface area contributed by atoms with Gasteiger partial charge in [-0.25, -0.2) is 13.4 Å². The minimum absolute atomic E-state index is 0.0591. The Morgan fingerprint density at radius 2 is 1.97 bits per heavy atom. The second-order valence-electron chi connectivity index (χ2n) is 7.94. The number of nitrogens with zero attached hydrogens (tertiary/aromatic N) is 2. The maximum absolute atomic E-state index is 13.2. The van der Waals surface area contributed by atoms with Crippen molar-refractivity contribution in [3.8, 4) is 5.69 Å². The fourth-order valence-corrected chi connectivity index (χ4v) is 7.08. The van der Waals surface area contributed by atoms with E-state index in [2.05, 4.69) is 10.3 Å². The van der Waals surface area contributed by atoms with Gasteiger partial charge in [0.05, 0.1) is 25.9 Å². The number of Topliss-reactive ketones (excluding diaryl/α,β-unsaturated/α-hetero) is 1. The number of thiophene rings is 1. The first-order valence-electron chi connectivity index (χ1n) is 10.3. The fourth-order valence-electron chi connectivity index (χ4n) is 3.97. The second kappa shape index (κ2) is 8.81. The van der Waals surface area contributed by atoms with Crippen molar-refractivity contribution in [3.05, 3.63) is 79.6 Å². The van der Waals surface area contributed by atoms with E-state index < -0.39 is 21.4 Å². The first-order valence-corrected chi connectivity index (χ1v) is 13.5. The molecular formula is C23H17Cl2N3O4S2.